The fraction of sp³-hybridized carbons (Fsp3) is 0.500. The van der Waals surface area contributed by atoms with Gasteiger partial charge in [0, 0.05) is 17.5 Å². The van der Waals surface area contributed by atoms with Gasteiger partial charge in [0.05, 0.1) is 0 Å². The summed E-state index contributed by atoms with van der Waals surface area (Å²) in [7, 11) is 0. The maximum Gasteiger partial charge on any atom is 0.0406 e. The predicted octanol–water partition coefficient (Wildman–Crippen LogP) is 3.05. The summed E-state index contributed by atoms with van der Waals surface area (Å²) in [5, 5.41) is 4.28. The van der Waals surface area contributed by atoms with E-state index < -0.39 is 0 Å². The largest absolute Gasteiger partial charge is 0.316 e. The SMILES string of the molecule is CCC1CNCC1c1ccc(Cl)cc1. The second-order valence-electron chi connectivity index (χ2n) is 3.98. The Morgan fingerprint density at radius 3 is 2.64 bits per heavy atom. The zero-order valence-electron chi connectivity index (χ0n) is 8.46. The molecular weight excluding hydrogens is 194 g/mol. The molecule has 2 unspecified atom stereocenters. The molecule has 1 aliphatic heterocycles. The van der Waals surface area contributed by atoms with Gasteiger partial charge in [-0.3, -0.25) is 0 Å². The van der Waals surface area contributed by atoms with Crippen LogP contribution in [0.1, 0.15) is 24.8 Å². The summed E-state index contributed by atoms with van der Waals surface area (Å²) >= 11 is 5.87. The van der Waals surface area contributed by atoms with E-state index in [1.54, 1.807) is 0 Å². The maximum absolute atomic E-state index is 5.87. The van der Waals surface area contributed by atoms with Gasteiger partial charge in [0.15, 0.2) is 0 Å². The molecule has 1 aromatic carbocycles. The first-order chi connectivity index (χ1) is 6.81. The van der Waals surface area contributed by atoms with Crippen molar-refractivity contribution >= 4 is 11.6 Å². The van der Waals surface area contributed by atoms with Gasteiger partial charge in [-0.1, -0.05) is 37.1 Å². The van der Waals surface area contributed by atoms with Crippen molar-refractivity contribution < 1.29 is 0 Å². The summed E-state index contributed by atoms with van der Waals surface area (Å²) in [6.07, 6.45) is 1.25. The molecule has 1 aliphatic rings. The number of nitrogens with one attached hydrogen (secondary N) is 1. The molecule has 0 spiro atoms. The summed E-state index contributed by atoms with van der Waals surface area (Å²) in [4.78, 5) is 0. The third kappa shape index (κ3) is 1.94. The quantitative estimate of drug-likeness (QED) is 0.790. The Hall–Kier alpha value is -0.530. The Kier molecular flexibility index (Phi) is 3.09. The summed E-state index contributed by atoms with van der Waals surface area (Å²) < 4.78 is 0. The van der Waals surface area contributed by atoms with Crippen molar-refractivity contribution in [1.29, 1.82) is 0 Å². The van der Waals surface area contributed by atoms with E-state index in [2.05, 4.69) is 24.4 Å². The highest BCUT2D eigenvalue weighted by atomic mass is 35.5. The standard InChI is InChI=1S/C12H16ClN/c1-2-9-7-14-8-12(9)10-3-5-11(13)6-4-10/h3-6,9,12,14H,2,7-8H2,1H3. The second-order valence-corrected chi connectivity index (χ2v) is 4.42. The van der Waals surface area contributed by atoms with E-state index in [9.17, 15) is 0 Å². The van der Waals surface area contributed by atoms with E-state index in [1.165, 1.54) is 12.0 Å². The van der Waals surface area contributed by atoms with Crippen LogP contribution in [-0.2, 0) is 0 Å². The van der Waals surface area contributed by atoms with E-state index in [-0.39, 0.29) is 0 Å². The van der Waals surface area contributed by atoms with Crippen LogP contribution in [0.4, 0.5) is 0 Å². The summed E-state index contributed by atoms with van der Waals surface area (Å²) in [6, 6.07) is 8.29. The van der Waals surface area contributed by atoms with Crippen molar-refractivity contribution in [3.63, 3.8) is 0 Å². The van der Waals surface area contributed by atoms with Crippen molar-refractivity contribution in [2.75, 3.05) is 13.1 Å². The van der Waals surface area contributed by atoms with E-state index in [0.29, 0.717) is 5.92 Å². The second kappa shape index (κ2) is 4.33. The van der Waals surface area contributed by atoms with E-state index in [0.717, 1.165) is 24.0 Å². The van der Waals surface area contributed by atoms with Crippen LogP contribution in [0.25, 0.3) is 0 Å². The Morgan fingerprint density at radius 1 is 1.29 bits per heavy atom. The molecule has 1 N–H and O–H groups in total. The topological polar surface area (TPSA) is 12.0 Å². The van der Waals surface area contributed by atoms with Gasteiger partial charge in [-0.15, -0.1) is 0 Å². The zero-order chi connectivity index (χ0) is 9.97. The third-order valence-corrected chi connectivity index (χ3v) is 3.41. The Bertz CT molecular complexity index is 294. The van der Waals surface area contributed by atoms with Crippen LogP contribution in [0.15, 0.2) is 24.3 Å². The zero-order valence-corrected chi connectivity index (χ0v) is 9.22. The van der Waals surface area contributed by atoms with Gasteiger partial charge in [0.1, 0.15) is 0 Å². The smallest absolute Gasteiger partial charge is 0.0406 e. The van der Waals surface area contributed by atoms with E-state index in [4.69, 9.17) is 11.6 Å². The van der Waals surface area contributed by atoms with Crippen LogP contribution in [-0.4, -0.2) is 13.1 Å². The molecular formula is C12H16ClN. The van der Waals surface area contributed by atoms with Crippen molar-refractivity contribution in [2.24, 2.45) is 5.92 Å². The van der Waals surface area contributed by atoms with Crippen LogP contribution in [0.3, 0.4) is 0 Å². The number of hydrogen-bond donors (Lipinski definition) is 1. The first-order valence-corrected chi connectivity index (χ1v) is 5.65. The van der Waals surface area contributed by atoms with Crippen molar-refractivity contribution in [1.82, 2.24) is 5.32 Å². The van der Waals surface area contributed by atoms with Gasteiger partial charge in [0.25, 0.3) is 0 Å². The minimum atomic E-state index is 0.678. The molecule has 0 aromatic heterocycles. The fourth-order valence-corrected chi connectivity index (χ4v) is 2.39. The fourth-order valence-electron chi connectivity index (χ4n) is 2.26. The Labute approximate surface area is 90.5 Å². The first-order valence-electron chi connectivity index (χ1n) is 5.27. The maximum atomic E-state index is 5.87. The van der Waals surface area contributed by atoms with Crippen LogP contribution in [0, 0.1) is 5.92 Å². The van der Waals surface area contributed by atoms with Gasteiger partial charge in [-0.2, -0.15) is 0 Å². The van der Waals surface area contributed by atoms with E-state index >= 15 is 0 Å². The Morgan fingerprint density at radius 2 is 2.00 bits per heavy atom. The summed E-state index contributed by atoms with van der Waals surface area (Å²) in [6.45, 7) is 4.53. The molecule has 1 saturated heterocycles. The molecule has 14 heavy (non-hydrogen) atoms. The average molecular weight is 210 g/mol. The first kappa shape index (κ1) is 10.0. The molecule has 76 valence electrons. The number of rotatable bonds is 2. The van der Waals surface area contributed by atoms with Crippen LogP contribution in [0.5, 0.6) is 0 Å². The van der Waals surface area contributed by atoms with Gasteiger partial charge in [0.2, 0.25) is 0 Å². The molecule has 2 heteroatoms. The number of benzene rings is 1. The highest BCUT2D eigenvalue weighted by molar-refractivity contribution is 6.30. The molecule has 0 bridgehead atoms. The lowest BCUT2D eigenvalue weighted by Gasteiger charge is -2.16. The average Bonchev–Trinajstić information content (AvgIpc) is 2.67. The third-order valence-electron chi connectivity index (χ3n) is 3.16. The minimum Gasteiger partial charge on any atom is -0.316 e. The van der Waals surface area contributed by atoms with E-state index in [1.807, 2.05) is 12.1 Å². The molecule has 1 nitrogen and oxygen atoms in total. The molecule has 2 atom stereocenters. The lowest BCUT2D eigenvalue weighted by Crippen LogP contribution is -2.09. The van der Waals surface area contributed by atoms with Gasteiger partial charge in [-0.05, 0) is 30.2 Å². The minimum absolute atomic E-state index is 0.678. The van der Waals surface area contributed by atoms with Crippen LogP contribution < -0.4 is 5.32 Å². The van der Waals surface area contributed by atoms with Crippen molar-refractivity contribution in [3.8, 4) is 0 Å². The number of hydrogen-bond acceptors (Lipinski definition) is 1. The highest BCUT2D eigenvalue weighted by Crippen LogP contribution is 2.30. The van der Waals surface area contributed by atoms with Crippen molar-refractivity contribution in [2.45, 2.75) is 19.3 Å². The monoisotopic (exact) mass is 209 g/mol. The molecule has 0 aliphatic carbocycles. The number of halogens is 1. The van der Waals surface area contributed by atoms with Gasteiger partial charge in [-0.25, -0.2) is 0 Å². The molecule has 1 fully saturated rings. The van der Waals surface area contributed by atoms with Gasteiger partial charge < -0.3 is 5.32 Å². The lowest BCUT2D eigenvalue weighted by atomic mass is 9.87. The lowest BCUT2D eigenvalue weighted by molar-refractivity contribution is 0.503. The van der Waals surface area contributed by atoms with Crippen LogP contribution >= 0.6 is 11.6 Å². The summed E-state index contributed by atoms with van der Waals surface area (Å²) in [5.74, 6) is 1.47. The predicted molar refractivity (Wildman–Crippen MR) is 60.8 cm³/mol. The molecule has 1 heterocycles. The Balaban J connectivity index is 2.17. The molecule has 2 rings (SSSR count). The van der Waals surface area contributed by atoms with Gasteiger partial charge >= 0.3 is 0 Å². The normalized spacial score (nSPS) is 26.7. The molecule has 0 amide bonds. The molecule has 1 aromatic rings. The molecule has 0 saturated carbocycles. The van der Waals surface area contributed by atoms with Crippen LogP contribution in [0.2, 0.25) is 5.02 Å². The molecule has 0 radical (unpaired) electrons. The van der Waals surface area contributed by atoms with Crippen molar-refractivity contribution in [3.05, 3.63) is 34.9 Å². The summed E-state index contributed by atoms with van der Waals surface area (Å²) in [5.41, 5.74) is 1.42. The highest BCUT2D eigenvalue weighted by Gasteiger charge is 2.26.